The van der Waals surface area contributed by atoms with Gasteiger partial charge in [-0.1, -0.05) is 24.3 Å². The number of aliphatic hydroxyl groups is 3. The van der Waals surface area contributed by atoms with Crippen LogP contribution in [0.1, 0.15) is 23.3 Å². The Hall–Kier alpha value is -1.43. The van der Waals surface area contributed by atoms with Crippen LogP contribution in [0.5, 0.6) is 0 Å². The third kappa shape index (κ3) is 2.76. The first kappa shape index (κ1) is 11.6. The first-order chi connectivity index (χ1) is 7.06. The van der Waals surface area contributed by atoms with Crippen molar-refractivity contribution in [2.75, 3.05) is 6.61 Å². The van der Waals surface area contributed by atoms with Crippen LogP contribution in [0.2, 0.25) is 0 Å². The molecule has 0 radical (unpaired) electrons. The Morgan fingerprint density at radius 2 is 1.60 bits per heavy atom. The quantitative estimate of drug-likeness (QED) is 0.555. The van der Waals surface area contributed by atoms with Gasteiger partial charge in [-0.2, -0.15) is 0 Å². The molecule has 0 aliphatic heterocycles. The molecule has 15 heavy (non-hydrogen) atoms. The third-order valence-corrected chi connectivity index (χ3v) is 2.04. The highest BCUT2D eigenvalue weighted by Gasteiger charge is 2.16. The van der Waals surface area contributed by atoms with Crippen molar-refractivity contribution < 1.29 is 25.2 Å². The zero-order valence-electron chi connectivity index (χ0n) is 7.87. The Bertz CT molecular complexity index is 332. The molecule has 0 heterocycles. The Balaban J connectivity index is 2.85. The van der Waals surface area contributed by atoms with Crippen LogP contribution in [-0.2, 0) is 4.79 Å². The van der Waals surface area contributed by atoms with Crippen LogP contribution in [0, 0.1) is 0 Å². The van der Waals surface area contributed by atoms with Crippen molar-refractivity contribution in [1.82, 2.24) is 0 Å². The summed E-state index contributed by atoms with van der Waals surface area (Å²) in [6.45, 7) is -0.402. The molecule has 0 bridgehead atoms. The molecule has 0 aliphatic carbocycles. The molecule has 0 saturated carbocycles. The number of benzene rings is 1. The summed E-state index contributed by atoms with van der Waals surface area (Å²) in [5.74, 6) is -1.33. The lowest BCUT2D eigenvalue weighted by Gasteiger charge is -2.09. The van der Waals surface area contributed by atoms with E-state index in [4.69, 9.17) is 10.2 Å². The maximum absolute atomic E-state index is 10.4. The fraction of sp³-hybridized carbons (Fsp3) is 0.300. The lowest BCUT2D eigenvalue weighted by atomic mass is 10.0. The second-order valence-electron chi connectivity index (χ2n) is 3.11. The Kier molecular flexibility index (Phi) is 3.79. The molecule has 2 unspecified atom stereocenters. The maximum Gasteiger partial charge on any atom is 0.337 e. The molecule has 0 saturated heterocycles. The molecule has 1 aromatic carbocycles. The highest BCUT2D eigenvalue weighted by molar-refractivity contribution is 5.73. The maximum atomic E-state index is 10.4. The summed E-state index contributed by atoms with van der Waals surface area (Å²) in [4.78, 5) is 10.4. The van der Waals surface area contributed by atoms with E-state index in [1.54, 1.807) is 0 Å². The van der Waals surface area contributed by atoms with Crippen molar-refractivity contribution in [1.29, 1.82) is 0 Å². The number of carbonyl (C=O) groups is 1. The van der Waals surface area contributed by atoms with Gasteiger partial charge in [0.25, 0.3) is 0 Å². The van der Waals surface area contributed by atoms with E-state index in [1.807, 2.05) is 0 Å². The molecule has 0 aromatic heterocycles. The largest absolute Gasteiger partial charge is 0.479 e. The van der Waals surface area contributed by atoms with Gasteiger partial charge in [-0.25, -0.2) is 4.79 Å². The van der Waals surface area contributed by atoms with Gasteiger partial charge >= 0.3 is 5.97 Å². The van der Waals surface area contributed by atoms with E-state index in [0.717, 1.165) is 0 Å². The average molecular weight is 212 g/mol. The van der Waals surface area contributed by atoms with Crippen LogP contribution in [0.3, 0.4) is 0 Å². The van der Waals surface area contributed by atoms with Gasteiger partial charge in [-0.15, -0.1) is 0 Å². The predicted octanol–water partition coefficient (Wildman–Crippen LogP) is -0.170. The molecule has 5 nitrogen and oxygen atoms in total. The molecule has 0 aliphatic rings. The number of hydrogen-bond acceptors (Lipinski definition) is 4. The fourth-order valence-electron chi connectivity index (χ4n) is 1.15. The van der Waals surface area contributed by atoms with Gasteiger partial charge in [-0.05, 0) is 11.1 Å². The topological polar surface area (TPSA) is 98.0 Å². The van der Waals surface area contributed by atoms with Crippen molar-refractivity contribution >= 4 is 5.97 Å². The summed E-state index contributed by atoms with van der Waals surface area (Å²) in [6, 6.07) is 5.71. The summed E-state index contributed by atoms with van der Waals surface area (Å²) in [5.41, 5.74) is 0.704. The molecule has 2 atom stereocenters. The number of aliphatic hydroxyl groups excluding tert-OH is 3. The summed E-state index contributed by atoms with van der Waals surface area (Å²) in [5, 5.41) is 35.6. The number of rotatable bonds is 4. The van der Waals surface area contributed by atoms with Crippen LogP contribution < -0.4 is 0 Å². The molecular weight excluding hydrogens is 200 g/mol. The first-order valence-corrected chi connectivity index (χ1v) is 4.36. The van der Waals surface area contributed by atoms with Crippen molar-refractivity contribution in [3.8, 4) is 0 Å². The van der Waals surface area contributed by atoms with Crippen molar-refractivity contribution in [2.45, 2.75) is 12.2 Å². The minimum absolute atomic E-state index is 0.233. The Labute approximate surface area is 86.2 Å². The third-order valence-electron chi connectivity index (χ3n) is 2.04. The Morgan fingerprint density at radius 3 is 2.00 bits per heavy atom. The van der Waals surface area contributed by atoms with E-state index in [1.165, 1.54) is 24.3 Å². The second kappa shape index (κ2) is 4.88. The van der Waals surface area contributed by atoms with Gasteiger partial charge < -0.3 is 20.4 Å². The predicted molar refractivity (Wildman–Crippen MR) is 51.1 cm³/mol. The van der Waals surface area contributed by atoms with Crippen LogP contribution in [0.4, 0.5) is 0 Å². The summed E-state index contributed by atoms with van der Waals surface area (Å²) in [7, 11) is 0. The molecule has 5 heteroatoms. The molecule has 1 aromatic rings. The minimum Gasteiger partial charge on any atom is -0.479 e. The molecule has 0 spiro atoms. The van der Waals surface area contributed by atoms with Crippen LogP contribution in [0.25, 0.3) is 0 Å². The summed E-state index contributed by atoms with van der Waals surface area (Å²) >= 11 is 0. The van der Waals surface area contributed by atoms with Crippen LogP contribution >= 0.6 is 0 Å². The van der Waals surface area contributed by atoms with Crippen molar-refractivity contribution in [3.05, 3.63) is 35.4 Å². The molecule has 4 N–H and O–H groups in total. The van der Waals surface area contributed by atoms with Gasteiger partial charge in [0.05, 0.1) is 6.61 Å². The summed E-state index contributed by atoms with van der Waals surface area (Å²) in [6.07, 6.45) is -2.55. The van der Waals surface area contributed by atoms with Crippen LogP contribution in [-0.4, -0.2) is 33.0 Å². The normalized spacial score (nSPS) is 14.6. The number of hydrogen-bond donors (Lipinski definition) is 4. The van der Waals surface area contributed by atoms with E-state index < -0.39 is 24.8 Å². The zero-order chi connectivity index (χ0) is 11.4. The zero-order valence-corrected chi connectivity index (χ0v) is 7.87. The molecular formula is C10H12O5. The average Bonchev–Trinajstić information content (AvgIpc) is 2.27. The van der Waals surface area contributed by atoms with Crippen LogP contribution in [0.15, 0.2) is 24.3 Å². The fourth-order valence-corrected chi connectivity index (χ4v) is 1.15. The first-order valence-electron chi connectivity index (χ1n) is 4.36. The molecule has 1 rings (SSSR count). The lowest BCUT2D eigenvalue weighted by molar-refractivity contribution is -0.146. The Morgan fingerprint density at radius 1 is 1.13 bits per heavy atom. The van der Waals surface area contributed by atoms with Gasteiger partial charge in [-0.3, -0.25) is 0 Å². The molecule has 82 valence electrons. The van der Waals surface area contributed by atoms with E-state index in [0.29, 0.717) is 5.56 Å². The van der Waals surface area contributed by atoms with Crippen molar-refractivity contribution in [3.63, 3.8) is 0 Å². The molecule has 0 amide bonds. The van der Waals surface area contributed by atoms with E-state index >= 15 is 0 Å². The summed E-state index contributed by atoms with van der Waals surface area (Å²) < 4.78 is 0. The van der Waals surface area contributed by atoms with E-state index in [9.17, 15) is 15.0 Å². The highest BCUT2D eigenvalue weighted by atomic mass is 16.4. The highest BCUT2D eigenvalue weighted by Crippen LogP contribution is 2.17. The lowest BCUT2D eigenvalue weighted by Crippen LogP contribution is -2.10. The van der Waals surface area contributed by atoms with Crippen molar-refractivity contribution in [2.24, 2.45) is 0 Å². The standard InChI is InChI=1S/C10H12O5/c11-5-8(12)6-1-3-7(4-2-6)9(13)10(14)15/h1-4,8-9,11-13H,5H2,(H,14,15). The molecule has 0 fully saturated rings. The SMILES string of the molecule is O=C(O)C(O)c1ccc(C(O)CO)cc1. The smallest absolute Gasteiger partial charge is 0.337 e. The van der Waals surface area contributed by atoms with Gasteiger partial charge in [0.1, 0.15) is 6.10 Å². The van der Waals surface area contributed by atoms with Gasteiger partial charge in [0.15, 0.2) is 6.10 Å². The van der Waals surface area contributed by atoms with Gasteiger partial charge in [0.2, 0.25) is 0 Å². The number of aliphatic carboxylic acids is 1. The number of carboxylic acids is 1. The number of carboxylic acid groups (broad SMARTS) is 1. The van der Waals surface area contributed by atoms with Gasteiger partial charge in [0, 0.05) is 0 Å². The minimum atomic E-state index is -1.56. The van der Waals surface area contributed by atoms with E-state index in [-0.39, 0.29) is 5.56 Å². The van der Waals surface area contributed by atoms with E-state index in [2.05, 4.69) is 0 Å². The monoisotopic (exact) mass is 212 g/mol. The second-order valence-corrected chi connectivity index (χ2v) is 3.11.